The molecule has 0 radical (unpaired) electrons. The van der Waals surface area contributed by atoms with Crippen LogP contribution < -0.4 is 10.4 Å². The highest BCUT2D eigenvalue weighted by Crippen LogP contribution is 2.42. The maximum absolute atomic E-state index is 12.8. The van der Waals surface area contributed by atoms with Gasteiger partial charge in [-0.15, -0.1) is 0 Å². The molecule has 0 bridgehead atoms. The minimum Gasteiger partial charge on any atom is -0.455 e. The average molecular weight is 1890 g/mol. The van der Waals surface area contributed by atoms with Gasteiger partial charge in [0.2, 0.25) is 0 Å². The van der Waals surface area contributed by atoms with Crippen molar-refractivity contribution < 1.29 is 131 Å². The van der Waals surface area contributed by atoms with Gasteiger partial charge < -0.3 is 91.2 Å². The van der Waals surface area contributed by atoms with Gasteiger partial charge in [0.1, 0.15) is 104 Å². The highest BCUT2D eigenvalue weighted by Gasteiger charge is 2.57. The molecule has 8 aliphatic heterocycles. The van der Waals surface area contributed by atoms with E-state index in [0.29, 0.717) is 28.9 Å². The summed E-state index contributed by atoms with van der Waals surface area (Å²) in [6.45, 7) is 6.60. The first-order valence-electron chi connectivity index (χ1n) is 42.2. The van der Waals surface area contributed by atoms with Crippen LogP contribution in [0.5, 0.6) is 0 Å². The number of rotatable bonds is 22. The molecule has 8 aromatic carbocycles. The summed E-state index contributed by atoms with van der Waals surface area (Å²) in [7, 11) is -8.82. The fraction of sp³-hybridized carbons (Fsp3) is 0.427. The molecule has 0 spiro atoms. The molecule has 0 aromatic heterocycles. The number of carbonyl (C=O) groups is 3. The minimum absolute atomic E-state index is 0.0113. The third kappa shape index (κ3) is 25.5. The van der Waals surface area contributed by atoms with Crippen molar-refractivity contribution in [3.8, 4) is 0 Å². The van der Waals surface area contributed by atoms with E-state index in [2.05, 4.69) is 99.3 Å². The molecule has 40 nitrogen and oxygen atoms in total. The van der Waals surface area contributed by atoms with Gasteiger partial charge in [0.05, 0.1) is 101 Å². The minimum atomic E-state index is -5.94. The van der Waals surface area contributed by atoms with Crippen LogP contribution in [0.4, 0.5) is 13.2 Å². The molecule has 23 atom stereocenters. The topological polar surface area (TPSA) is 558 Å². The predicted molar refractivity (Wildman–Crippen MR) is 469 cm³/mol. The van der Waals surface area contributed by atoms with E-state index in [0.717, 1.165) is 21.5 Å². The van der Waals surface area contributed by atoms with Crippen molar-refractivity contribution in [2.45, 2.75) is 172 Å². The molecule has 8 saturated heterocycles. The molecule has 13 unspecified atom stereocenters. The number of hydrogen-bond acceptors (Lipinski definition) is 30. The Morgan fingerprint density at radius 3 is 1.04 bits per heavy atom. The van der Waals surface area contributed by atoms with Gasteiger partial charge in [0.15, 0.2) is 18.9 Å². The number of azide groups is 5. The quantitative estimate of drug-likeness (QED) is 0.00715. The summed E-state index contributed by atoms with van der Waals surface area (Å²) in [6, 6.07) is 68.8. The molecule has 8 heterocycles. The van der Waals surface area contributed by atoms with E-state index < -0.39 is 183 Å². The van der Waals surface area contributed by atoms with Gasteiger partial charge in [-0.2, -0.15) is 21.6 Å². The van der Waals surface area contributed by atoms with Crippen LogP contribution >= 0.6 is 0 Å². The first kappa shape index (κ1) is 101. The Bertz CT molecular complexity index is 5450. The zero-order chi connectivity index (χ0) is 95.4. The molecular weight excluding hydrogens is 1800 g/mol. The maximum atomic E-state index is 12.8. The van der Waals surface area contributed by atoms with Gasteiger partial charge in [-0.1, -0.05) is 253 Å². The lowest BCUT2D eigenvalue weighted by Crippen LogP contribution is -2.68. The standard InChI is InChI=1S/C29H33N3O5Si.C20H19N3O5.C14H14F3N3O6S.C13H15N3O5.C13H15N3O4/c1-29(2,3)38(22-15-9-5-10-16-22,23-17-11-6-12-18-23)36-20-25-26(33)27(24(19-35-25)31-32-30)37-28(34)21-13-7-4-8-14-21;21-23-22-15-11-25-16-12-26-20(14-9-5-2-6-10-14)28-18(16)17(15)27-19(24)13-7-3-1-4-8-13;15-14(16,17)27(21,22)26-11-9(19-20-18)6-23-10-7-24-13(25-12(10)11)8-4-2-1-3-5-8;14-16-15-9-7-20-10(6-17)11(18)12(9)21-13(19)8-4-2-1-3-5-8;14-16-15-9-6-18-10-7-19-13(20-12(10)11(9)17)8-4-2-1-3-5-8/h4-18,24-27,33H,19-20H2,1-3H3;1-10,15-18,20H,11-12H2;1-5,9-13H,6-7H2;1-5,9-12,17-18H,6-7H2;1-5,9-13,17H,6-7H2/t24?,25?,26-,27+;15?,16?,17-,18+,20?;9?,10?,11-,12-,13?;9?,10?,11-,12+;9?,10?,11-,12-,13?/m10111/s1. The van der Waals surface area contributed by atoms with E-state index in [1.54, 1.807) is 115 Å². The number of aliphatic hydroxyl groups is 4. The monoisotopic (exact) mass is 1890 g/mol. The second-order valence-corrected chi connectivity index (χ2v) is 37.9. The van der Waals surface area contributed by atoms with Gasteiger partial charge in [0, 0.05) is 41.2 Å². The number of nitrogens with zero attached hydrogens (tertiary/aromatic N) is 15. The van der Waals surface area contributed by atoms with Crippen LogP contribution in [0.25, 0.3) is 52.2 Å². The van der Waals surface area contributed by atoms with Crippen molar-refractivity contribution >= 4 is 46.7 Å². The Morgan fingerprint density at radius 1 is 0.388 bits per heavy atom. The summed E-state index contributed by atoms with van der Waals surface area (Å²) < 4.78 is 151. The van der Waals surface area contributed by atoms with E-state index in [4.69, 9.17) is 104 Å². The van der Waals surface area contributed by atoms with Crippen LogP contribution in [0.15, 0.2) is 268 Å². The average Bonchev–Trinajstić information content (AvgIpc) is 0.740. The summed E-state index contributed by atoms with van der Waals surface area (Å²) in [6.07, 6.45) is -16.0. The van der Waals surface area contributed by atoms with E-state index >= 15 is 0 Å². The smallest absolute Gasteiger partial charge is 0.455 e. The van der Waals surface area contributed by atoms with Crippen molar-refractivity contribution in [1.29, 1.82) is 0 Å². The lowest BCUT2D eigenvalue weighted by atomic mass is 9.97. The molecule has 0 saturated carbocycles. The number of hydrogen-bond donors (Lipinski definition) is 4. The molecule has 134 heavy (non-hydrogen) atoms. The summed E-state index contributed by atoms with van der Waals surface area (Å²) >= 11 is 0. The second kappa shape index (κ2) is 48.3. The number of aliphatic hydroxyl groups excluding tert-OH is 4. The second-order valence-electron chi connectivity index (χ2n) is 32.0. The molecule has 16 rings (SSSR count). The highest BCUT2D eigenvalue weighted by molar-refractivity contribution is 7.87. The van der Waals surface area contributed by atoms with Crippen LogP contribution in [-0.4, -0.2) is 248 Å². The molecule has 4 N–H and O–H groups in total. The number of halogens is 3. The van der Waals surface area contributed by atoms with Crippen LogP contribution in [0, 0.1) is 0 Å². The van der Waals surface area contributed by atoms with Crippen molar-refractivity contribution in [3.63, 3.8) is 0 Å². The first-order valence-corrected chi connectivity index (χ1v) is 45.5. The molecule has 0 aliphatic carbocycles. The van der Waals surface area contributed by atoms with Gasteiger partial charge >= 0.3 is 33.5 Å². The summed E-state index contributed by atoms with van der Waals surface area (Å²) in [5.41, 5.74) is 41.3. The van der Waals surface area contributed by atoms with Crippen LogP contribution in [-0.2, 0) is 85.0 Å². The third-order valence-corrected chi connectivity index (χ3v) is 28.5. The Hall–Kier alpha value is -12.0. The molecule has 708 valence electrons. The lowest BCUT2D eigenvalue weighted by Gasteiger charge is -2.45. The third-order valence-electron chi connectivity index (χ3n) is 22.5. The van der Waals surface area contributed by atoms with Gasteiger partial charge in [-0.05, 0) is 79.5 Å². The Balaban J connectivity index is 0.000000154. The highest BCUT2D eigenvalue weighted by atomic mass is 32.2. The van der Waals surface area contributed by atoms with Crippen molar-refractivity contribution in [3.05, 3.63) is 328 Å². The summed E-state index contributed by atoms with van der Waals surface area (Å²) in [4.78, 5) is 51.1. The molecule has 0 amide bonds. The summed E-state index contributed by atoms with van der Waals surface area (Å²) in [5.74, 6) is -1.76. The van der Waals surface area contributed by atoms with Crippen LogP contribution in [0.2, 0.25) is 5.04 Å². The number of ether oxygens (including phenoxy) is 14. The fourth-order valence-electron chi connectivity index (χ4n) is 15.8. The van der Waals surface area contributed by atoms with Crippen molar-refractivity contribution in [1.82, 2.24) is 0 Å². The fourth-order valence-corrected chi connectivity index (χ4v) is 21.0. The predicted octanol–water partition coefficient (Wildman–Crippen LogP) is 12.2. The van der Waals surface area contributed by atoms with Gasteiger partial charge in [-0.25, -0.2) is 14.4 Å². The maximum Gasteiger partial charge on any atom is 0.523 e. The normalized spacial score (nSPS) is 28.6. The first-order chi connectivity index (χ1) is 64.7. The van der Waals surface area contributed by atoms with E-state index in [-0.39, 0.29) is 64.0 Å². The number of fused-ring (bicyclic) bond motifs is 3. The Kier molecular flexibility index (Phi) is 36.4. The van der Waals surface area contributed by atoms with Crippen molar-refractivity contribution in [2.24, 2.45) is 25.6 Å². The van der Waals surface area contributed by atoms with Gasteiger partial charge in [0.25, 0.3) is 8.32 Å². The van der Waals surface area contributed by atoms with Gasteiger partial charge in [-0.3, -0.25) is 4.18 Å². The van der Waals surface area contributed by atoms with E-state index in [9.17, 15) is 51.3 Å². The Morgan fingerprint density at radius 2 is 0.679 bits per heavy atom. The zero-order valence-electron chi connectivity index (χ0n) is 72.1. The molecule has 8 aromatic rings. The van der Waals surface area contributed by atoms with Crippen molar-refractivity contribution in [2.75, 3.05) is 66.1 Å². The number of alkyl halides is 3. The number of benzene rings is 8. The van der Waals surface area contributed by atoms with E-state index in [1.807, 2.05) is 103 Å². The Labute approximate surface area is 766 Å². The SMILES string of the molecule is CC(C)(C)[Si](OCC1OCC(N=[N+]=[N-])[C@H](OC(=O)c2ccccc2)[C@@H]1O)(c1ccccc1)c1ccccc1.[N-]=[N+]=NC1COC(CO)[C@@H](O)[C@H]1OC(=O)c1ccccc1.[N-]=[N+]=NC1COC2COC(c3ccccc3)O[C@H]2[C@@H]1O.[N-]=[N+]=NC1COC2COC(c3ccccc3)O[C@H]2[C@@H]1OS(=O)(=O)C(F)(F)F.[N-]=[N+]=NC1COC2COC(c3ccccc3)O[C@H]2[C@H]1OC(=O)c1ccccc1. The zero-order valence-corrected chi connectivity index (χ0v) is 73.9. The number of esters is 3. The van der Waals surface area contributed by atoms with Crippen LogP contribution in [0.3, 0.4) is 0 Å². The molecule has 8 fully saturated rings. The lowest BCUT2D eigenvalue weighted by molar-refractivity contribution is -0.301. The summed E-state index contributed by atoms with van der Waals surface area (Å²) in [5, 5.41) is 60.5. The van der Waals surface area contributed by atoms with Crippen LogP contribution in [0.1, 0.15) is 87.4 Å². The molecule has 8 aliphatic rings. The molecular formula is C89H96F3N15O25SSi. The largest absolute Gasteiger partial charge is 0.523 e. The molecule has 45 heteroatoms. The number of carbonyl (C=O) groups excluding carboxylic acids is 3. The van der Waals surface area contributed by atoms with E-state index in [1.165, 1.54) is 0 Å².